The molecule has 0 bridgehead atoms. The summed E-state index contributed by atoms with van der Waals surface area (Å²) in [6.07, 6.45) is 0.972. The number of nitro groups is 1. The van der Waals surface area contributed by atoms with Crippen LogP contribution in [0.2, 0.25) is 0 Å². The van der Waals surface area contributed by atoms with E-state index in [4.69, 9.17) is 0 Å². The predicted molar refractivity (Wildman–Crippen MR) is 42.5 cm³/mol. The second-order valence-corrected chi connectivity index (χ2v) is 2.56. The van der Waals surface area contributed by atoms with Crippen LogP contribution in [0, 0.1) is 10.1 Å². The SMILES string of the molecule is CN(C)C(=C[N+](=O)[O-])N(C)C. The molecule has 0 aliphatic carbocycles. The smallest absolute Gasteiger partial charge is 0.274 e. The summed E-state index contributed by atoms with van der Waals surface area (Å²) in [5.41, 5.74) is 0. The van der Waals surface area contributed by atoms with Gasteiger partial charge < -0.3 is 9.80 Å². The van der Waals surface area contributed by atoms with E-state index < -0.39 is 4.92 Å². The van der Waals surface area contributed by atoms with Gasteiger partial charge in [-0.05, 0) is 0 Å². The van der Waals surface area contributed by atoms with Gasteiger partial charge in [-0.3, -0.25) is 10.1 Å². The van der Waals surface area contributed by atoms with Crippen LogP contribution in [0.25, 0.3) is 0 Å². The van der Waals surface area contributed by atoms with E-state index in [1.54, 1.807) is 38.0 Å². The fourth-order valence-electron chi connectivity index (χ4n) is 0.725. The van der Waals surface area contributed by atoms with Crippen LogP contribution < -0.4 is 0 Å². The molecule has 0 unspecified atom stereocenters. The second-order valence-electron chi connectivity index (χ2n) is 2.56. The van der Waals surface area contributed by atoms with E-state index in [1.807, 2.05) is 0 Å². The normalized spacial score (nSPS) is 8.73. The van der Waals surface area contributed by atoms with E-state index in [1.165, 1.54) is 0 Å². The van der Waals surface area contributed by atoms with Crippen LogP contribution in [-0.2, 0) is 0 Å². The molecule has 0 atom stereocenters. The van der Waals surface area contributed by atoms with Crippen LogP contribution in [0.4, 0.5) is 0 Å². The average molecular weight is 159 g/mol. The average Bonchev–Trinajstić information content (AvgIpc) is 1.81. The monoisotopic (exact) mass is 159 g/mol. The first-order chi connectivity index (χ1) is 4.95. The highest BCUT2D eigenvalue weighted by molar-refractivity contribution is 4.90. The Morgan fingerprint density at radius 2 is 1.64 bits per heavy atom. The quantitative estimate of drug-likeness (QED) is 0.435. The molecule has 0 spiro atoms. The summed E-state index contributed by atoms with van der Waals surface area (Å²) in [6.45, 7) is 0. The van der Waals surface area contributed by atoms with E-state index in [0.29, 0.717) is 5.82 Å². The van der Waals surface area contributed by atoms with Gasteiger partial charge in [0, 0.05) is 28.2 Å². The van der Waals surface area contributed by atoms with Crippen molar-refractivity contribution >= 4 is 0 Å². The summed E-state index contributed by atoms with van der Waals surface area (Å²) in [6, 6.07) is 0. The van der Waals surface area contributed by atoms with Crippen molar-refractivity contribution in [3.8, 4) is 0 Å². The number of hydrogen-bond acceptors (Lipinski definition) is 4. The van der Waals surface area contributed by atoms with Crippen LogP contribution in [0.3, 0.4) is 0 Å². The fourth-order valence-corrected chi connectivity index (χ4v) is 0.725. The minimum atomic E-state index is -0.463. The first-order valence-electron chi connectivity index (χ1n) is 3.15. The molecule has 0 heterocycles. The Kier molecular flexibility index (Phi) is 3.36. The molecule has 11 heavy (non-hydrogen) atoms. The number of hydrogen-bond donors (Lipinski definition) is 0. The molecule has 64 valence electrons. The molecule has 0 aliphatic heterocycles. The largest absolute Gasteiger partial charge is 0.359 e. The molecule has 0 saturated heterocycles. The summed E-state index contributed by atoms with van der Waals surface area (Å²) in [5.74, 6) is 0.565. The van der Waals surface area contributed by atoms with Crippen LogP contribution in [-0.4, -0.2) is 42.9 Å². The summed E-state index contributed by atoms with van der Waals surface area (Å²) in [7, 11) is 7.04. The molecule has 0 aromatic rings. The van der Waals surface area contributed by atoms with Gasteiger partial charge in [-0.25, -0.2) is 0 Å². The van der Waals surface area contributed by atoms with Crippen LogP contribution in [0.5, 0.6) is 0 Å². The molecule has 0 fully saturated rings. The third-order valence-electron chi connectivity index (χ3n) is 1.14. The molecular weight excluding hydrogens is 146 g/mol. The molecule has 0 aliphatic rings. The van der Waals surface area contributed by atoms with Crippen LogP contribution in [0.1, 0.15) is 0 Å². The van der Waals surface area contributed by atoms with Crippen molar-refractivity contribution in [3.63, 3.8) is 0 Å². The van der Waals surface area contributed by atoms with Gasteiger partial charge in [0.2, 0.25) is 0 Å². The summed E-state index contributed by atoms with van der Waals surface area (Å²) >= 11 is 0. The van der Waals surface area contributed by atoms with Gasteiger partial charge in [0.15, 0.2) is 5.82 Å². The van der Waals surface area contributed by atoms with Gasteiger partial charge in [0.1, 0.15) is 0 Å². The van der Waals surface area contributed by atoms with Crippen molar-refractivity contribution in [3.05, 3.63) is 22.1 Å². The molecule has 0 aromatic carbocycles. The lowest BCUT2D eigenvalue weighted by atomic mass is 10.6. The first-order valence-corrected chi connectivity index (χ1v) is 3.15. The highest BCUT2D eigenvalue weighted by atomic mass is 16.6. The van der Waals surface area contributed by atoms with Gasteiger partial charge in [-0.2, -0.15) is 0 Å². The zero-order chi connectivity index (χ0) is 9.02. The van der Waals surface area contributed by atoms with Gasteiger partial charge in [0.05, 0.1) is 4.92 Å². The maximum Gasteiger partial charge on any atom is 0.274 e. The zero-order valence-electron chi connectivity index (χ0n) is 7.24. The molecule has 0 N–H and O–H groups in total. The van der Waals surface area contributed by atoms with Gasteiger partial charge in [0.25, 0.3) is 6.20 Å². The maximum absolute atomic E-state index is 10.1. The summed E-state index contributed by atoms with van der Waals surface area (Å²) < 4.78 is 0. The Bertz CT molecular complexity index is 165. The van der Waals surface area contributed by atoms with E-state index in [0.717, 1.165) is 6.20 Å². The topological polar surface area (TPSA) is 49.6 Å². The Morgan fingerprint density at radius 1 is 1.27 bits per heavy atom. The first kappa shape index (κ1) is 9.74. The lowest BCUT2D eigenvalue weighted by Gasteiger charge is -2.21. The van der Waals surface area contributed by atoms with E-state index >= 15 is 0 Å². The lowest BCUT2D eigenvalue weighted by Crippen LogP contribution is -2.25. The highest BCUT2D eigenvalue weighted by Crippen LogP contribution is 2.00. The van der Waals surface area contributed by atoms with Crippen molar-refractivity contribution in [2.45, 2.75) is 0 Å². The van der Waals surface area contributed by atoms with Crippen molar-refractivity contribution in [1.82, 2.24) is 9.80 Å². The zero-order valence-corrected chi connectivity index (χ0v) is 7.24. The minimum Gasteiger partial charge on any atom is -0.359 e. The standard InChI is InChI=1S/C6H13N3O2/c1-7(2)6(8(3)4)5-9(10)11/h5H,1-4H3. The minimum absolute atomic E-state index is 0.463. The third-order valence-corrected chi connectivity index (χ3v) is 1.14. The van der Waals surface area contributed by atoms with E-state index in [9.17, 15) is 10.1 Å². The summed E-state index contributed by atoms with van der Waals surface area (Å²) in [5, 5.41) is 10.1. The van der Waals surface area contributed by atoms with Crippen molar-refractivity contribution in [1.29, 1.82) is 0 Å². The second kappa shape index (κ2) is 3.80. The molecule has 0 rings (SSSR count). The maximum atomic E-state index is 10.1. The lowest BCUT2D eigenvalue weighted by molar-refractivity contribution is -0.405. The number of rotatable bonds is 3. The van der Waals surface area contributed by atoms with Gasteiger partial charge in [-0.1, -0.05) is 0 Å². The van der Waals surface area contributed by atoms with Crippen molar-refractivity contribution in [2.75, 3.05) is 28.2 Å². The summed E-state index contributed by atoms with van der Waals surface area (Å²) in [4.78, 5) is 13.0. The predicted octanol–water partition coefficient (Wildman–Crippen LogP) is 0.185. The Morgan fingerprint density at radius 3 is 1.73 bits per heavy atom. The molecule has 5 heteroatoms. The van der Waals surface area contributed by atoms with E-state index in [-0.39, 0.29) is 0 Å². The Labute approximate surface area is 66.0 Å². The van der Waals surface area contributed by atoms with Crippen LogP contribution >= 0.6 is 0 Å². The third kappa shape index (κ3) is 3.44. The number of nitrogens with zero attached hydrogens (tertiary/aromatic N) is 3. The fraction of sp³-hybridized carbons (Fsp3) is 0.667. The van der Waals surface area contributed by atoms with Crippen molar-refractivity contribution in [2.24, 2.45) is 0 Å². The molecule has 0 radical (unpaired) electrons. The molecule has 0 saturated carbocycles. The van der Waals surface area contributed by atoms with Gasteiger partial charge in [-0.15, -0.1) is 0 Å². The highest BCUT2D eigenvalue weighted by Gasteiger charge is 2.06. The Hall–Kier alpha value is -1.26. The van der Waals surface area contributed by atoms with Gasteiger partial charge >= 0.3 is 0 Å². The molecule has 5 nitrogen and oxygen atoms in total. The van der Waals surface area contributed by atoms with Crippen molar-refractivity contribution < 1.29 is 4.92 Å². The molecular formula is C6H13N3O2. The molecule has 0 aromatic heterocycles. The molecule has 0 amide bonds. The van der Waals surface area contributed by atoms with Crippen LogP contribution in [0.15, 0.2) is 12.0 Å². The van der Waals surface area contributed by atoms with E-state index in [2.05, 4.69) is 0 Å². The Balaban J connectivity index is 4.46.